The zero-order valence-corrected chi connectivity index (χ0v) is 14.1. The van der Waals surface area contributed by atoms with Crippen molar-refractivity contribution in [2.45, 2.75) is 20.4 Å². The van der Waals surface area contributed by atoms with Gasteiger partial charge >= 0.3 is 0 Å². The number of nitrogens with one attached hydrogen (secondary N) is 3. The van der Waals surface area contributed by atoms with Gasteiger partial charge in [0, 0.05) is 33.3 Å². The van der Waals surface area contributed by atoms with Crippen molar-refractivity contribution in [2.24, 2.45) is 4.99 Å². The van der Waals surface area contributed by atoms with E-state index in [2.05, 4.69) is 20.9 Å². The van der Waals surface area contributed by atoms with Crippen LogP contribution in [0.5, 0.6) is 0 Å². The number of amides is 2. The normalized spacial score (nSPS) is 10.9. The summed E-state index contributed by atoms with van der Waals surface area (Å²) in [6.07, 6.45) is 0. The number of rotatable bonds is 6. The third kappa shape index (κ3) is 7.30. The van der Waals surface area contributed by atoms with Gasteiger partial charge < -0.3 is 20.9 Å². The predicted octanol–water partition coefficient (Wildman–Crippen LogP) is 0.788. The minimum atomic E-state index is -0.108. The lowest BCUT2D eigenvalue weighted by molar-refractivity contribution is -0.127. The first kappa shape index (κ1) is 18.5. The lowest BCUT2D eigenvalue weighted by Crippen LogP contribution is -2.42. The van der Waals surface area contributed by atoms with Crippen molar-refractivity contribution in [3.05, 3.63) is 29.8 Å². The molecule has 7 heteroatoms. The molecule has 0 saturated carbocycles. The molecule has 7 nitrogen and oxygen atoms in total. The van der Waals surface area contributed by atoms with Gasteiger partial charge in [0.05, 0.1) is 13.1 Å². The number of anilines is 1. The fraction of sp³-hybridized carbons (Fsp3) is 0.438. The van der Waals surface area contributed by atoms with Crippen LogP contribution in [0.15, 0.2) is 29.3 Å². The van der Waals surface area contributed by atoms with Gasteiger partial charge in [-0.25, -0.2) is 4.99 Å². The molecule has 0 unspecified atom stereocenters. The molecule has 2 amide bonds. The SMILES string of the molecule is CCNC(=NCc1cccc(NC(C)=O)c1)NCC(=O)N(C)C. The van der Waals surface area contributed by atoms with E-state index in [0.29, 0.717) is 19.0 Å². The maximum Gasteiger partial charge on any atom is 0.241 e. The first-order valence-electron chi connectivity index (χ1n) is 7.51. The van der Waals surface area contributed by atoms with Gasteiger partial charge in [0.2, 0.25) is 11.8 Å². The second-order valence-electron chi connectivity index (χ2n) is 5.22. The van der Waals surface area contributed by atoms with Crippen LogP contribution in [0.1, 0.15) is 19.4 Å². The van der Waals surface area contributed by atoms with Gasteiger partial charge in [0.1, 0.15) is 0 Å². The summed E-state index contributed by atoms with van der Waals surface area (Å²) in [6.45, 7) is 4.76. The molecule has 1 aromatic carbocycles. The summed E-state index contributed by atoms with van der Waals surface area (Å²) in [6, 6.07) is 7.50. The smallest absolute Gasteiger partial charge is 0.241 e. The van der Waals surface area contributed by atoms with Crippen LogP contribution in [0.25, 0.3) is 0 Å². The van der Waals surface area contributed by atoms with Crippen LogP contribution in [0.3, 0.4) is 0 Å². The highest BCUT2D eigenvalue weighted by Crippen LogP contribution is 2.11. The van der Waals surface area contributed by atoms with Crippen molar-refractivity contribution >= 4 is 23.5 Å². The Labute approximate surface area is 137 Å². The lowest BCUT2D eigenvalue weighted by Gasteiger charge is -2.14. The molecule has 0 bridgehead atoms. The fourth-order valence-corrected chi connectivity index (χ4v) is 1.78. The second kappa shape index (κ2) is 9.45. The van der Waals surface area contributed by atoms with E-state index in [4.69, 9.17) is 0 Å². The van der Waals surface area contributed by atoms with Crippen molar-refractivity contribution in [1.82, 2.24) is 15.5 Å². The highest BCUT2D eigenvalue weighted by Gasteiger charge is 2.05. The van der Waals surface area contributed by atoms with Crippen LogP contribution >= 0.6 is 0 Å². The molecular weight excluding hydrogens is 294 g/mol. The van der Waals surface area contributed by atoms with Crippen LogP contribution in [0.4, 0.5) is 5.69 Å². The average molecular weight is 319 g/mol. The van der Waals surface area contributed by atoms with Crippen LogP contribution < -0.4 is 16.0 Å². The Balaban J connectivity index is 2.69. The van der Waals surface area contributed by atoms with E-state index < -0.39 is 0 Å². The van der Waals surface area contributed by atoms with E-state index in [9.17, 15) is 9.59 Å². The zero-order valence-electron chi connectivity index (χ0n) is 14.1. The van der Waals surface area contributed by atoms with Crippen molar-refractivity contribution in [2.75, 3.05) is 32.5 Å². The molecule has 23 heavy (non-hydrogen) atoms. The number of hydrogen-bond donors (Lipinski definition) is 3. The number of likely N-dealkylation sites (N-methyl/N-ethyl adjacent to an activating group) is 1. The zero-order chi connectivity index (χ0) is 17.2. The minimum absolute atomic E-state index is 0.0248. The molecule has 1 rings (SSSR count). The van der Waals surface area contributed by atoms with Crippen LogP contribution in [0, 0.1) is 0 Å². The fourth-order valence-electron chi connectivity index (χ4n) is 1.78. The highest BCUT2D eigenvalue weighted by atomic mass is 16.2. The molecule has 0 saturated heterocycles. The van der Waals surface area contributed by atoms with Gasteiger partial charge in [-0.1, -0.05) is 12.1 Å². The van der Waals surface area contributed by atoms with Crippen molar-refractivity contribution in [3.63, 3.8) is 0 Å². The summed E-state index contributed by atoms with van der Waals surface area (Å²) in [5.74, 6) is 0.443. The number of carbonyl (C=O) groups is 2. The van der Waals surface area contributed by atoms with Gasteiger partial charge in [-0.3, -0.25) is 9.59 Å². The van der Waals surface area contributed by atoms with E-state index >= 15 is 0 Å². The maximum absolute atomic E-state index is 11.6. The molecule has 0 atom stereocenters. The summed E-state index contributed by atoms with van der Waals surface area (Å²) < 4.78 is 0. The molecule has 0 radical (unpaired) electrons. The number of guanidine groups is 1. The standard InChI is InChI=1S/C16H25N5O2/c1-5-17-16(19-11-15(23)21(3)4)18-10-13-7-6-8-14(9-13)20-12(2)22/h6-9H,5,10-11H2,1-4H3,(H,20,22)(H2,17,18,19). The molecule has 0 aliphatic rings. The Hall–Kier alpha value is -2.57. The molecule has 3 N–H and O–H groups in total. The van der Waals surface area contributed by atoms with Crippen molar-refractivity contribution < 1.29 is 9.59 Å². The molecule has 0 spiro atoms. The van der Waals surface area contributed by atoms with E-state index in [-0.39, 0.29) is 18.4 Å². The number of aliphatic imine (C=N–C) groups is 1. The maximum atomic E-state index is 11.6. The first-order chi connectivity index (χ1) is 10.9. The summed E-state index contributed by atoms with van der Waals surface area (Å²) in [7, 11) is 3.42. The van der Waals surface area contributed by atoms with Gasteiger partial charge in [-0.2, -0.15) is 0 Å². The highest BCUT2D eigenvalue weighted by molar-refractivity contribution is 5.88. The molecule has 1 aromatic rings. The molecule has 126 valence electrons. The van der Waals surface area contributed by atoms with E-state index in [1.807, 2.05) is 31.2 Å². The second-order valence-corrected chi connectivity index (χ2v) is 5.22. The van der Waals surface area contributed by atoms with Crippen LogP contribution in [-0.2, 0) is 16.1 Å². The number of carbonyl (C=O) groups excluding carboxylic acids is 2. The van der Waals surface area contributed by atoms with E-state index in [1.54, 1.807) is 14.1 Å². The molecular formula is C16H25N5O2. The molecule has 0 aliphatic carbocycles. The van der Waals surface area contributed by atoms with Gasteiger partial charge in [-0.15, -0.1) is 0 Å². The van der Waals surface area contributed by atoms with Gasteiger partial charge in [0.15, 0.2) is 5.96 Å². The third-order valence-electron chi connectivity index (χ3n) is 2.92. The predicted molar refractivity (Wildman–Crippen MR) is 92.3 cm³/mol. The van der Waals surface area contributed by atoms with Crippen LogP contribution in [-0.4, -0.2) is 49.9 Å². The number of nitrogens with zero attached hydrogens (tertiary/aromatic N) is 2. The monoisotopic (exact) mass is 319 g/mol. The van der Waals surface area contributed by atoms with Crippen LogP contribution in [0.2, 0.25) is 0 Å². The summed E-state index contributed by atoms with van der Waals surface area (Å²) in [4.78, 5) is 28.7. The number of hydrogen-bond acceptors (Lipinski definition) is 3. The Kier molecular flexibility index (Phi) is 7.59. The summed E-state index contributed by atoms with van der Waals surface area (Å²) >= 11 is 0. The Morgan fingerprint density at radius 2 is 1.96 bits per heavy atom. The summed E-state index contributed by atoms with van der Waals surface area (Å²) in [5, 5.41) is 8.83. The Morgan fingerprint density at radius 3 is 2.57 bits per heavy atom. The Morgan fingerprint density at radius 1 is 1.22 bits per heavy atom. The van der Waals surface area contributed by atoms with Gasteiger partial charge in [-0.05, 0) is 24.6 Å². The average Bonchev–Trinajstić information content (AvgIpc) is 2.49. The first-order valence-corrected chi connectivity index (χ1v) is 7.51. The Bertz CT molecular complexity index is 569. The minimum Gasteiger partial charge on any atom is -0.357 e. The molecule has 0 fully saturated rings. The largest absolute Gasteiger partial charge is 0.357 e. The topological polar surface area (TPSA) is 85.8 Å². The van der Waals surface area contributed by atoms with Crippen molar-refractivity contribution in [1.29, 1.82) is 0 Å². The third-order valence-corrected chi connectivity index (χ3v) is 2.92. The number of benzene rings is 1. The van der Waals surface area contributed by atoms with E-state index in [1.165, 1.54) is 11.8 Å². The summed E-state index contributed by atoms with van der Waals surface area (Å²) in [5.41, 5.74) is 1.71. The van der Waals surface area contributed by atoms with Gasteiger partial charge in [0.25, 0.3) is 0 Å². The quantitative estimate of drug-likeness (QED) is 0.534. The molecule has 0 aliphatic heterocycles. The van der Waals surface area contributed by atoms with E-state index in [0.717, 1.165) is 11.3 Å². The molecule has 0 aromatic heterocycles. The lowest BCUT2D eigenvalue weighted by atomic mass is 10.2. The molecule has 0 heterocycles. The van der Waals surface area contributed by atoms with Crippen molar-refractivity contribution in [3.8, 4) is 0 Å².